The van der Waals surface area contributed by atoms with Crippen LogP contribution in [0.1, 0.15) is 30.5 Å². The third-order valence-corrected chi connectivity index (χ3v) is 3.22. The molecular formula is C16H19NO2. The minimum atomic E-state index is 0.0230. The molecule has 2 aromatic rings. The highest BCUT2D eigenvalue weighted by Crippen LogP contribution is 2.26. The van der Waals surface area contributed by atoms with Gasteiger partial charge >= 0.3 is 0 Å². The van der Waals surface area contributed by atoms with Gasteiger partial charge in [0.1, 0.15) is 5.75 Å². The Hall–Kier alpha value is -2.00. The van der Waals surface area contributed by atoms with Crippen LogP contribution in [0.15, 0.2) is 48.5 Å². The van der Waals surface area contributed by atoms with Crippen molar-refractivity contribution in [3.05, 3.63) is 59.7 Å². The van der Waals surface area contributed by atoms with E-state index in [1.807, 2.05) is 36.4 Å². The van der Waals surface area contributed by atoms with E-state index in [2.05, 4.69) is 12.2 Å². The van der Waals surface area contributed by atoms with Crippen molar-refractivity contribution in [2.24, 2.45) is 0 Å². The molecule has 0 heterocycles. The number of aliphatic hydroxyl groups excluding tert-OH is 1. The highest BCUT2D eigenvalue weighted by Gasteiger charge is 2.10. The molecule has 0 radical (unpaired) electrons. The summed E-state index contributed by atoms with van der Waals surface area (Å²) >= 11 is 0. The number of rotatable bonds is 5. The number of hydrogen-bond acceptors (Lipinski definition) is 3. The second-order valence-electron chi connectivity index (χ2n) is 4.51. The predicted molar refractivity (Wildman–Crippen MR) is 77.1 cm³/mol. The minimum absolute atomic E-state index is 0.0230. The van der Waals surface area contributed by atoms with Crippen LogP contribution in [-0.4, -0.2) is 10.2 Å². The van der Waals surface area contributed by atoms with Crippen LogP contribution in [-0.2, 0) is 6.61 Å². The SMILES string of the molecule is CCC(Nc1ccccc1CO)c1ccc(O)cc1. The van der Waals surface area contributed by atoms with Gasteiger partial charge in [-0.15, -0.1) is 0 Å². The number of benzene rings is 2. The molecule has 0 bridgehead atoms. The Kier molecular flexibility index (Phi) is 4.42. The number of phenolic OH excluding ortho intramolecular Hbond substituents is 1. The summed E-state index contributed by atoms with van der Waals surface area (Å²) in [5.74, 6) is 0.273. The number of phenols is 1. The van der Waals surface area contributed by atoms with E-state index in [-0.39, 0.29) is 18.4 Å². The molecule has 2 rings (SSSR count). The van der Waals surface area contributed by atoms with Crippen molar-refractivity contribution >= 4 is 5.69 Å². The Balaban J connectivity index is 2.21. The quantitative estimate of drug-likeness (QED) is 0.769. The maximum atomic E-state index is 9.34. The summed E-state index contributed by atoms with van der Waals surface area (Å²) in [6.45, 7) is 2.13. The van der Waals surface area contributed by atoms with Gasteiger partial charge in [0, 0.05) is 11.3 Å². The molecule has 0 aliphatic heterocycles. The van der Waals surface area contributed by atoms with Crippen molar-refractivity contribution in [3.8, 4) is 5.75 Å². The molecule has 0 aliphatic carbocycles. The molecule has 0 amide bonds. The van der Waals surface area contributed by atoms with Gasteiger partial charge in [0.25, 0.3) is 0 Å². The van der Waals surface area contributed by atoms with E-state index in [1.165, 1.54) is 0 Å². The van der Waals surface area contributed by atoms with Gasteiger partial charge in [0.15, 0.2) is 0 Å². The lowest BCUT2D eigenvalue weighted by Gasteiger charge is -2.20. The number of anilines is 1. The number of aromatic hydroxyl groups is 1. The Morgan fingerprint density at radius 1 is 1.05 bits per heavy atom. The van der Waals surface area contributed by atoms with Gasteiger partial charge in [-0.05, 0) is 30.2 Å². The first-order chi connectivity index (χ1) is 9.24. The zero-order valence-corrected chi connectivity index (χ0v) is 11.0. The standard InChI is InChI=1S/C16H19NO2/c1-2-15(12-7-9-14(19)10-8-12)17-16-6-4-3-5-13(16)11-18/h3-10,15,17-19H,2,11H2,1H3. The molecule has 0 spiro atoms. The molecule has 0 aliphatic rings. The van der Waals surface area contributed by atoms with Crippen molar-refractivity contribution in [1.82, 2.24) is 0 Å². The molecule has 1 atom stereocenters. The fourth-order valence-corrected chi connectivity index (χ4v) is 2.11. The van der Waals surface area contributed by atoms with E-state index in [0.717, 1.165) is 23.2 Å². The smallest absolute Gasteiger partial charge is 0.115 e. The fourth-order valence-electron chi connectivity index (χ4n) is 2.11. The van der Waals surface area contributed by atoms with Crippen LogP contribution < -0.4 is 5.32 Å². The Morgan fingerprint density at radius 2 is 1.74 bits per heavy atom. The maximum absolute atomic E-state index is 9.34. The number of aliphatic hydroxyl groups is 1. The second-order valence-corrected chi connectivity index (χ2v) is 4.51. The van der Waals surface area contributed by atoms with Crippen LogP contribution in [0.25, 0.3) is 0 Å². The number of nitrogens with one attached hydrogen (secondary N) is 1. The van der Waals surface area contributed by atoms with E-state index in [4.69, 9.17) is 0 Å². The maximum Gasteiger partial charge on any atom is 0.115 e. The Morgan fingerprint density at radius 3 is 2.37 bits per heavy atom. The van der Waals surface area contributed by atoms with Gasteiger partial charge < -0.3 is 15.5 Å². The van der Waals surface area contributed by atoms with E-state index >= 15 is 0 Å². The summed E-state index contributed by atoms with van der Waals surface area (Å²) in [5.41, 5.74) is 2.96. The molecule has 3 N–H and O–H groups in total. The summed E-state index contributed by atoms with van der Waals surface area (Å²) in [7, 11) is 0. The van der Waals surface area contributed by atoms with Crippen molar-refractivity contribution in [3.63, 3.8) is 0 Å². The largest absolute Gasteiger partial charge is 0.508 e. The summed E-state index contributed by atoms with van der Waals surface area (Å²) in [4.78, 5) is 0. The van der Waals surface area contributed by atoms with Crippen LogP contribution >= 0.6 is 0 Å². The third kappa shape index (κ3) is 3.26. The topological polar surface area (TPSA) is 52.5 Å². The van der Waals surface area contributed by atoms with Crippen molar-refractivity contribution in [2.45, 2.75) is 26.0 Å². The molecule has 3 heteroatoms. The first-order valence-electron chi connectivity index (χ1n) is 6.48. The molecule has 0 saturated carbocycles. The predicted octanol–water partition coefficient (Wildman–Crippen LogP) is 3.45. The number of para-hydroxylation sites is 1. The van der Waals surface area contributed by atoms with Crippen LogP contribution in [0, 0.1) is 0 Å². The lowest BCUT2D eigenvalue weighted by molar-refractivity contribution is 0.282. The average Bonchev–Trinajstić information content (AvgIpc) is 2.46. The first-order valence-corrected chi connectivity index (χ1v) is 6.48. The number of hydrogen-bond donors (Lipinski definition) is 3. The molecule has 0 saturated heterocycles. The highest BCUT2D eigenvalue weighted by molar-refractivity contribution is 5.52. The summed E-state index contributed by atoms with van der Waals surface area (Å²) < 4.78 is 0. The summed E-state index contributed by atoms with van der Waals surface area (Å²) in [5, 5.41) is 22.1. The molecule has 19 heavy (non-hydrogen) atoms. The minimum Gasteiger partial charge on any atom is -0.508 e. The van der Waals surface area contributed by atoms with E-state index in [0.29, 0.717) is 0 Å². The van der Waals surface area contributed by atoms with Gasteiger partial charge in [-0.25, -0.2) is 0 Å². The van der Waals surface area contributed by atoms with Gasteiger partial charge in [0.05, 0.1) is 12.6 Å². The summed E-state index contributed by atoms with van der Waals surface area (Å²) in [6.07, 6.45) is 0.921. The van der Waals surface area contributed by atoms with Crippen molar-refractivity contribution in [1.29, 1.82) is 0 Å². The van der Waals surface area contributed by atoms with Gasteiger partial charge in [-0.2, -0.15) is 0 Å². The second kappa shape index (κ2) is 6.25. The van der Waals surface area contributed by atoms with Gasteiger partial charge in [-0.1, -0.05) is 37.3 Å². The van der Waals surface area contributed by atoms with Crippen LogP contribution in [0.2, 0.25) is 0 Å². The fraction of sp³-hybridized carbons (Fsp3) is 0.250. The molecule has 2 aromatic carbocycles. The van der Waals surface area contributed by atoms with Gasteiger partial charge in [0.2, 0.25) is 0 Å². The lowest BCUT2D eigenvalue weighted by Crippen LogP contribution is -2.11. The molecule has 100 valence electrons. The molecule has 1 unspecified atom stereocenters. The molecule has 0 fully saturated rings. The van der Waals surface area contributed by atoms with Crippen molar-refractivity contribution < 1.29 is 10.2 Å². The molecular weight excluding hydrogens is 238 g/mol. The molecule has 0 aromatic heterocycles. The van der Waals surface area contributed by atoms with Gasteiger partial charge in [-0.3, -0.25) is 0 Å². The van der Waals surface area contributed by atoms with Crippen LogP contribution in [0.3, 0.4) is 0 Å². The van der Waals surface area contributed by atoms with E-state index in [9.17, 15) is 10.2 Å². The monoisotopic (exact) mass is 257 g/mol. The van der Waals surface area contributed by atoms with E-state index < -0.39 is 0 Å². The van der Waals surface area contributed by atoms with E-state index in [1.54, 1.807) is 12.1 Å². The lowest BCUT2D eigenvalue weighted by atomic mass is 10.0. The zero-order valence-electron chi connectivity index (χ0n) is 11.0. The Bertz CT molecular complexity index is 523. The third-order valence-electron chi connectivity index (χ3n) is 3.22. The average molecular weight is 257 g/mol. The highest BCUT2D eigenvalue weighted by atomic mass is 16.3. The normalized spacial score (nSPS) is 12.1. The Labute approximate surface area is 113 Å². The molecule has 3 nitrogen and oxygen atoms in total. The first kappa shape index (κ1) is 13.4. The van der Waals surface area contributed by atoms with Crippen LogP contribution in [0.4, 0.5) is 5.69 Å². The zero-order chi connectivity index (χ0) is 13.7. The van der Waals surface area contributed by atoms with Crippen molar-refractivity contribution in [2.75, 3.05) is 5.32 Å². The summed E-state index contributed by atoms with van der Waals surface area (Å²) in [6, 6.07) is 15.1. The van der Waals surface area contributed by atoms with Crippen LogP contribution in [0.5, 0.6) is 5.75 Å².